The van der Waals surface area contributed by atoms with Crippen molar-refractivity contribution < 1.29 is 4.79 Å². The van der Waals surface area contributed by atoms with Crippen LogP contribution in [-0.2, 0) is 4.79 Å². The molecule has 0 spiro atoms. The van der Waals surface area contributed by atoms with Gasteiger partial charge in [0.05, 0.1) is 10.2 Å². The van der Waals surface area contributed by atoms with Crippen molar-refractivity contribution in [1.29, 1.82) is 0 Å². The van der Waals surface area contributed by atoms with E-state index in [0.29, 0.717) is 12.3 Å². The minimum atomic E-state index is 0.142. The number of rotatable bonds is 3. The molecular formula is C17H20N2OS. The number of amides is 1. The van der Waals surface area contributed by atoms with Crippen LogP contribution in [0.25, 0.3) is 10.2 Å². The average molecular weight is 300 g/mol. The molecule has 1 aromatic heterocycles. The van der Waals surface area contributed by atoms with Crippen LogP contribution in [0.2, 0.25) is 0 Å². The molecule has 0 unspecified atom stereocenters. The first kappa shape index (κ1) is 13.3. The van der Waals surface area contributed by atoms with Crippen LogP contribution < -0.4 is 5.32 Å². The van der Waals surface area contributed by atoms with Crippen molar-refractivity contribution in [1.82, 2.24) is 4.98 Å². The molecule has 3 nitrogen and oxygen atoms in total. The second-order valence-electron chi connectivity index (χ2n) is 6.68. The standard InChI is InChI=1S/C17H20N2OS/c1-10-2-5-14-15(6-10)21-17(18-14)19-16(20)9-13-8-11-3-4-12(13)7-11/h2,5-6,11-13H,3-4,7-9H2,1H3,(H,18,19,20)/t11-,12-,13+/m1/s1. The van der Waals surface area contributed by atoms with Crippen LogP contribution in [0.15, 0.2) is 18.2 Å². The number of thiazole rings is 1. The van der Waals surface area contributed by atoms with Crippen molar-refractivity contribution in [3.05, 3.63) is 23.8 Å². The molecule has 1 N–H and O–H groups in total. The Balaban J connectivity index is 1.43. The topological polar surface area (TPSA) is 42.0 Å². The number of carbonyl (C=O) groups excluding carboxylic acids is 1. The van der Waals surface area contributed by atoms with E-state index in [-0.39, 0.29) is 5.91 Å². The quantitative estimate of drug-likeness (QED) is 0.914. The average Bonchev–Trinajstić information content (AvgIpc) is 3.12. The molecule has 0 aliphatic heterocycles. The summed E-state index contributed by atoms with van der Waals surface area (Å²) in [6, 6.07) is 6.20. The second kappa shape index (κ2) is 5.09. The first-order valence-electron chi connectivity index (χ1n) is 7.84. The van der Waals surface area contributed by atoms with Crippen molar-refractivity contribution in [2.45, 2.75) is 39.0 Å². The normalized spacial score (nSPS) is 27.4. The van der Waals surface area contributed by atoms with Gasteiger partial charge in [0.2, 0.25) is 5.91 Å². The molecule has 4 rings (SSSR count). The number of fused-ring (bicyclic) bond motifs is 3. The third kappa shape index (κ3) is 2.57. The number of benzene rings is 1. The fourth-order valence-electron chi connectivity index (χ4n) is 4.12. The Bertz CT molecular complexity index is 693. The predicted molar refractivity (Wildman–Crippen MR) is 86.5 cm³/mol. The molecule has 3 atom stereocenters. The lowest BCUT2D eigenvalue weighted by atomic mass is 9.86. The largest absolute Gasteiger partial charge is 0.302 e. The molecule has 21 heavy (non-hydrogen) atoms. The summed E-state index contributed by atoms with van der Waals surface area (Å²) >= 11 is 1.57. The number of nitrogens with zero attached hydrogens (tertiary/aromatic N) is 1. The smallest absolute Gasteiger partial charge is 0.226 e. The van der Waals surface area contributed by atoms with Gasteiger partial charge < -0.3 is 5.32 Å². The van der Waals surface area contributed by atoms with Gasteiger partial charge in [0, 0.05) is 6.42 Å². The summed E-state index contributed by atoms with van der Waals surface area (Å²) in [7, 11) is 0. The third-order valence-corrected chi connectivity index (χ3v) is 6.06. The number of nitrogens with one attached hydrogen (secondary N) is 1. The van der Waals surface area contributed by atoms with Gasteiger partial charge in [0.1, 0.15) is 0 Å². The lowest BCUT2D eigenvalue weighted by Crippen LogP contribution is -2.20. The summed E-state index contributed by atoms with van der Waals surface area (Å²) in [5, 5.41) is 3.75. The van der Waals surface area contributed by atoms with E-state index in [2.05, 4.69) is 29.4 Å². The van der Waals surface area contributed by atoms with E-state index in [4.69, 9.17) is 0 Å². The summed E-state index contributed by atoms with van der Waals surface area (Å²) in [4.78, 5) is 16.7. The molecule has 0 saturated heterocycles. The molecule has 2 aromatic rings. The molecule has 2 saturated carbocycles. The van der Waals surface area contributed by atoms with Gasteiger partial charge in [-0.15, -0.1) is 0 Å². The fraction of sp³-hybridized carbons (Fsp3) is 0.529. The Morgan fingerprint density at radius 1 is 1.38 bits per heavy atom. The van der Waals surface area contributed by atoms with Crippen molar-refractivity contribution >= 4 is 32.6 Å². The maximum absolute atomic E-state index is 12.2. The summed E-state index contributed by atoms with van der Waals surface area (Å²) in [5.41, 5.74) is 2.20. The van der Waals surface area contributed by atoms with Crippen LogP contribution in [0.5, 0.6) is 0 Å². The van der Waals surface area contributed by atoms with E-state index in [1.54, 1.807) is 11.3 Å². The predicted octanol–water partition coefficient (Wildman–Crippen LogP) is 4.37. The van der Waals surface area contributed by atoms with Crippen molar-refractivity contribution in [3.63, 3.8) is 0 Å². The highest BCUT2D eigenvalue weighted by Crippen LogP contribution is 2.49. The van der Waals surface area contributed by atoms with Gasteiger partial charge in [-0.25, -0.2) is 4.98 Å². The Kier molecular flexibility index (Phi) is 3.21. The van der Waals surface area contributed by atoms with Gasteiger partial charge in [0.25, 0.3) is 0 Å². The number of carbonyl (C=O) groups is 1. The Morgan fingerprint density at radius 3 is 3.05 bits per heavy atom. The van der Waals surface area contributed by atoms with Gasteiger partial charge in [-0.2, -0.15) is 0 Å². The molecule has 2 fully saturated rings. The number of hydrogen-bond donors (Lipinski definition) is 1. The molecular weight excluding hydrogens is 280 g/mol. The van der Waals surface area contributed by atoms with Crippen LogP contribution in [0.1, 0.15) is 37.7 Å². The summed E-state index contributed by atoms with van der Waals surface area (Å²) in [6.45, 7) is 2.08. The van der Waals surface area contributed by atoms with Crippen molar-refractivity contribution in [2.24, 2.45) is 17.8 Å². The maximum atomic E-state index is 12.2. The molecule has 1 heterocycles. The highest BCUT2D eigenvalue weighted by Gasteiger charge is 2.40. The van der Waals surface area contributed by atoms with Crippen LogP contribution >= 0.6 is 11.3 Å². The lowest BCUT2D eigenvalue weighted by molar-refractivity contribution is -0.117. The van der Waals surface area contributed by atoms with Crippen LogP contribution in [0, 0.1) is 24.7 Å². The second-order valence-corrected chi connectivity index (χ2v) is 7.71. The van der Waals surface area contributed by atoms with Gasteiger partial charge in [-0.05, 0) is 61.6 Å². The monoisotopic (exact) mass is 300 g/mol. The van der Waals surface area contributed by atoms with E-state index in [1.165, 1.54) is 31.2 Å². The highest BCUT2D eigenvalue weighted by atomic mass is 32.1. The van der Waals surface area contributed by atoms with Gasteiger partial charge >= 0.3 is 0 Å². The lowest BCUT2D eigenvalue weighted by Gasteiger charge is -2.20. The van der Waals surface area contributed by atoms with Crippen LogP contribution in [0.4, 0.5) is 5.13 Å². The number of aryl methyl sites for hydroxylation is 1. The summed E-state index contributed by atoms with van der Waals surface area (Å²) < 4.78 is 1.14. The first-order chi connectivity index (χ1) is 10.2. The van der Waals surface area contributed by atoms with Gasteiger partial charge in [-0.3, -0.25) is 4.79 Å². The number of hydrogen-bond acceptors (Lipinski definition) is 3. The molecule has 2 aliphatic carbocycles. The third-order valence-electron chi connectivity index (χ3n) is 5.12. The fourth-order valence-corrected chi connectivity index (χ4v) is 5.10. The molecule has 110 valence electrons. The molecule has 2 aliphatic rings. The van der Waals surface area contributed by atoms with E-state index in [9.17, 15) is 4.79 Å². The molecule has 1 aromatic carbocycles. The van der Waals surface area contributed by atoms with Gasteiger partial charge in [0.15, 0.2) is 5.13 Å². The van der Waals surface area contributed by atoms with E-state index < -0.39 is 0 Å². The molecule has 4 heteroatoms. The van der Waals surface area contributed by atoms with E-state index in [1.807, 2.05) is 6.07 Å². The zero-order valence-corrected chi connectivity index (χ0v) is 13.1. The van der Waals surface area contributed by atoms with Crippen LogP contribution in [0.3, 0.4) is 0 Å². The van der Waals surface area contributed by atoms with Crippen LogP contribution in [-0.4, -0.2) is 10.9 Å². The van der Waals surface area contributed by atoms with Gasteiger partial charge in [-0.1, -0.05) is 23.8 Å². The van der Waals surface area contributed by atoms with Crippen molar-refractivity contribution in [3.8, 4) is 0 Å². The SMILES string of the molecule is Cc1ccc2nc(NC(=O)C[C@@H]3C[C@@H]4CC[C@@H]3C4)sc2c1. The minimum Gasteiger partial charge on any atom is -0.302 e. The summed E-state index contributed by atoms with van der Waals surface area (Å²) in [6.07, 6.45) is 6.02. The Labute approximate surface area is 128 Å². The highest BCUT2D eigenvalue weighted by molar-refractivity contribution is 7.22. The number of aromatic nitrogens is 1. The summed E-state index contributed by atoms with van der Waals surface area (Å²) in [5.74, 6) is 2.46. The molecule has 2 bridgehead atoms. The molecule has 1 amide bonds. The zero-order chi connectivity index (χ0) is 14.4. The van der Waals surface area contributed by atoms with E-state index in [0.717, 1.165) is 27.2 Å². The Morgan fingerprint density at radius 2 is 2.29 bits per heavy atom. The first-order valence-corrected chi connectivity index (χ1v) is 8.66. The van der Waals surface area contributed by atoms with E-state index >= 15 is 0 Å². The zero-order valence-electron chi connectivity index (χ0n) is 12.3. The minimum absolute atomic E-state index is 0.142. The van der Waals surface area contributed by atoms with Crippen molar-refractivity contribution in [2.75, 3.05) is 5.32 Å². The maximum Gasteiger partial charge on any atom is 0.226 e. The number of anilines is 1. The molecule has 0 radical (unpaired) electrons. The Hall–Kier alpha value is -1.42.